The van der Waals surface area contributed by atoms with Crippen molar-refractivity contribution in [1.29, 1.82) is 0 Å². The van der Waals surface area contributed by atoms with Gasteiger partial charge in [-0.25, -0.2) is 4.98 Å². The number of aromatic nitrogens is 1. The van der Waals surface area contributed by atoms with Crippen LogP contribution in [0.2, 0.25) is 0 Å². The average molecular weight is 391 g/mol. The van der Waals surface area contributed by atoms with Crippen molar-refractivity contribution in [2.45, 2.75) is 25.3 Å². The number of benzene rings is 2. The third kappa shape index (κ3) is 2.88. The zero-order chi connectivity index (χ0) is 19.3. The van der Waals surface area contributed by atoms with Crippen LogP contribution in [-0.2, 0) is 22.4 Å². The second-order valence-electron chi connectivity index (χ2n) is 7.65. The van der Waals surface area contributed by atoms with Gasteiger partial charge in [0.1, 0.15) is 0 Å². The van der Waals surface area contributed by atoms with Gasteiger partial charge in [-0.15, -0.1) is 0 Å². The summed E-state index contributed by atoms with van der Waals surface area (Å²) in [7, 11) is 1.88. The summed E-state index contributed by atoms with van der Waals surface area (Å²) in [6.07, 6.45) is 2.04. The predicted molar refractivity (Wildman–Crippen MR) is 110 cm³/mol. The normalized spacial score (nSPS) is 19.4. The number of rotatable bonds is 3. The molecule has 2 aromatic carbocycles. The molecule has 2 amide bonds. The molecular formula is C22H21N3O2S. The maximum atomic E-state index is 13.1. The molecule has 1 aliphatic heterocycles. The van der Waals surface area contributed by atoms with E-state index in [1.54, 1.807) is 4.90 Å². The van der Waals surface area contributed by atoms with Crippen molar-refractivity contribution in [2.24, 2.45) is 5.92 Å². The number of hydrogen-bond acceptors (Lipinski definition) is 4. The Bertz CT molecular complexity index is 1020. The van der Waals surface area contributed by atoms with Crippen molar-refractivity contribution in [1.82, 2.24) is 9.88 Å². The van der Waals surface area contributed by atoms with Crippen LogP contribution < -0.4 is 4.90 Å². The Hall–Kier alpha value is -2.73. The zero-order valence-electron chi connectivity index (χ0n) is 15.7. The molecule has 1 aliphatic carbocycles. The lowest BCUT2D eigenvalue weighted by atomic mass is 10.1. The van der Waals surface area contributed by atoms with Gasteiger partial charge in [0.2, 0.25) is 11.8 Å². The van der Waals surface area contributed by atoms with Gasteiger partial charge in [0.15, 0.2) is 5.13 Å². The molecular weight excluding hydrogens is 370 g/mol. The molecule has 6 heteroatoms. The minimum atomic E-state index is -0.298. The van der Waals surface area contributed by atoms with Gasteiger partial charge in [-0.2, -0.15) is 0 Å². The molecule has 0 saturated carbocycles. The first-order valence-corrected chi connectivity index (χ1v) is 10.4. The Kier molecular flexibility index (Phi) is 4.16. The maximum Gasteiger partial charge on any atom is 0.229 e. The van der Waals surface area contributed by atoms with Crippen molar-refractivity contribution >= 4 is 38.5 Å². The van der Waals surface area contributed by atoms with Gasteiger partial charge in [0.25, 0.3) is 0 Å². The summed E-state index contributed by atoms with van der Waals surface area (Å²) in [6.45, 7) is 0.418. The molecule has 5 nitrogen and oxygen atoms in total. The molecule has 0 bridgehead atoms. The number of nitrogens with zero attached hydrogens (tertiary/aromatic N) is 3. The third-order valence-corrected chi connectivity index (χ3v) is 6.97. The van der Waals surface area contributed by atoms with Crippen LogP contribution in [0.3, 0.4) is 0 Å². The zero-order valence-corrected chi connectivity index (χ0v) is 16.5. The fourth-order valence-electron chi connectivity index (χ4n) is 4.31. The number of carbonyl (C=O) groups is 2. The summed E-state index contributed by atoms with van der Waals surface area (Å²) in [5, 5.41) is 0.692. The standard InChI is InChI=1S/C22H21N3O2S/c1-24(17-10-14-6-2-3-7-15(14)11-17)21(27)16-12-20(26)25(13-16)22-23-18-8-4-5-9-19(18)28-22/h2-9,16-17H,10-13H2,1H3. The summed E-state index contributed by atoms with van der Waals surface area (Å²) < 4.78 is 1.06. The van der Waals surface area contributed by atoms with Gasteiger partial charge in [0.05, 0.1) is 16.1 Å². The maximum absolute atomic E-state index is 13.1. The van der Waals surface area contributed by atoms with E-state index in [1.165, 1.54) is 22.5 Å². The highest BCUT2D eigenvalue weighted by Gasteiger charge is 2.39. The molecule has 28 heavy (non-hydrogen) atoms. The third-order valence-electron chi connectivity index (χ3n) is 5.91. The lowest BCUT2D eigenvalue weighted by molar-refractivity contribution is -0.136. The fraction of sp³-hybridized carbons (Fsp3) is 0.318. The van der Waals surface area contributed by atoms with Crippen LogP contribution in [0.25, 0.3) is 10.2 Å². The van der Waals surface area contributed by atoms with Crippen LogP contribution in [0.4, 0.5) is 5.13 Å². The highest BCUT2D eigenvalue weighted by Crippen LogP contribution is 2.34. The van der Waals surface area contributed by atoms with E-state index in [-0.39, 0.29) is 30.2 Å². The molecule has 1 fully saturated rings. The Morgan fingerprint density at radius 2 is 1.75 bits per heavy atom. The smallest absolute Gasteiger partial charge is 0.229 e. The first kappa shape index (κ1) is 17.4. The minimum absolute atomic E-state index is 0.0134. The molecule has 0 radical (unpaired) electrons. The van der Waals surface area contributed by atoms with E-state index in [9.17, 15) is 9.59 Å². The van der Waals surface area contributed by atoms with E-state index < -0.39 is 0 Å². The van der Waals surface area contributed by atoms with Crippen molar-refractivity contribution < 1.29 is 9.59 Å². The summed E-state index contributed by atoms with van der Waals surface area (Å²) >= 11 is 1.51. The van der Waals surface area contributed by atoms with Crippen molar-refractivity contribution in [2.75, 3.05) is 18.5 Å². The monoisotopic (exact) mass is 391 g/mol. The van der Waals surface area contributed by atoms with Crippen molar-refractivity contribution in [3.63, 3.8) is 0 Å². The number of thiazole rings is 1. The number of anilines is 1. The van der Waals surface area contributed by atoms with E-state index >= 15 is 0 Å². The summed E-state index contributed by atoms with van der Waals surface area (Å²) in [4.78, 5) is 33.9. The van der Waals surface area contributed by atoms with E-state index in [0.717, 1.165) is 23.1 Å². The van der Waals surface area contributed by atoms with Crippen LogP contribution in [-0.4, -0.2) is 41.3 Å². The first-order valence-electron chi connectivity index (χ1n) is 9.59. The molecule has 3 aromatic rings. The summed E-state index contributed by atoms with van der Waals surface area (Å²) in [5.41, 5.74) is 3.54. The van der Waals surface area contributed by atoms with Gasteiger partial charge >= 0.3 is 0 Å². The largest absolute Gasteiger partial charge is 0.342 e. The Balaban J connectivity index is 1.31. The van der Waals surface area contributed by atoms with Gasteiger partial charge < -0.3 is 4.90 Å². The molecule has 2 aliphatic rings. The minimum Gasteiger partial charge on any atom is -0.342 e. The first-order chi connectivity index (χ1) is 13.6. The van der Waals surface area contributed by atoms with E-state index in [2.05, 4.69) is 29.2 Å². The topological polar surface area (TPSA) is 53.5 Å². The Morgan fingerprint density at radius 1 is 1.07 bits per heavy atom. The molecule has 2 heterocycles. The second-order valence-corrected chi connectivity index (χ2v) is 8.66. The van der Waals surface area contributed by atoms with Crippen LogP contribution in [0, 0.1) is 5.92 Å². The molecule has 1 atom stereocenters. The van der Waals surface area contributed by atoms with Gasteiger partial charge in [0, 0.05) is 26.1 Å². The number of likely N-dealkylation sites (N-methyl/N-ethyl adjacent to an activating group) is 1. The molecule has 1 saturated heterocycles. The van der Waals surface area contributed by atoms with E-state index in [1.807, 2.05) is 36.2 Å². The molecule has 5 rings (SSSR count). The summed E-state index contributed by atoms with van der Waals surface area (Å²) in [6, 6.07) is 16.4. The molecule has 0 spiro atoms. The number of para-hydroxylation sites is 1. The lowest BCUT2D eigenvalue weighted by Gasteiger charge is -2.27. The van der Waals surface area contributed by atoms with Gasteiger partial charge in [-0.05, 0) is 36.1 Å². The Morgan fingerprint density at radius 3 is 2.46 bits per heavy atom. The van der Waals surface area contributed by atoms with Gasteiger partial charge in [-0.1, -0.05) is 47.7 Å². The van der Waals surface area contributed by atoms with Crippen molar-refractivity contribution in [3.8, 4) is 0 Å². The van der Waals surface area contributed by atoms with Crippen LogP contribution in [0.1, 0.15) is 17.5 Å². The number of hydrogen-bond donors (Lipinski definition) is 0. The van der Waals surface area contributed by atoms with Gasteiger partial charge in [-0.3, -0.25) is 14.5 Å². The lowest BCUT2D eigenvalue weighted by Crippen LogP contribution is -2.42. The molecule has 1 unspecified atom stereocenters. The average Bonchev–Trinajstić information content (AvgIpc) is 3.42. The van der Waals surface area contributed by atoms with Crippen LogP contribution in [0.5, 0.6) is 0 Å². The molecule has 0 N–H and O–H groups in total. The number of fused-ring (bicyclic) bond motifs is 2. The van der Waals surface area contributed by atoms with E-state index in [0.29, 0.717) is 11.7 Å². The van der Waals surface area contributed by atoms with E-state index in [4.69, 9.17) is 0 Å². The Labute approximate surface area is 167 Å². The summed E-state index contributed by atoms with van der Waals surface area (Å²) in [5.74, 6) is -0.247. The SMILES string of the molecule is CN(C(=O)C1CC(=O)N(c2nc3ccccc3s2)C1)C1Cc2ccccc2C1. The molecule has 142 valence electrons. The second kappa shape index (κ2) is 6.71. The quantitative estimate of drug-likeness (QED) is 0.689. The highest BCUT2D eigenvalue weighted by atomic mass is 32.1. The van der Waals surface area contributed by atoms with Crippen LogP contribution in [0.15, 0.2) is 48.5 Å². The van der Waals surface area contributed by atoms with Crippen molar-refractivity contribution in [3.05, 3.63) is 59.7 Å². The fourth-order valence-corrected chi connectivity index (χ4v) is 5.30. The van der Waals surface area contributed by atoms with Crippen LogP contribution >= 0.6 is 11.3 Å². The predicted octanol–water partition coefficient (Wildman–Crippen LogP) is 3.28. The number of carbonyl (C=O) groups excluding carboxylic acids is 2. The highest BCUT2D eigenvalue weighted by molar-refractivity contribution is 7.22. The molecule has 1 aromatic heterocycles. The number of amides is 2.